The summed E-state index contributed by atoms with van der Waals surface area (Å²) in [5.41, 5.74) is 2.09. The fourth-order valence-electron chi connectivity index (χ4n) is 2.15. The van der Waals surface area contributed by atoms with Crippen LogP contribution in [0.3, 0.4) is 0 Å². The van der Waals surface area contributed by atoms with Crippen molar-refractivity contribution in [1.29, 1.82) is 0 Å². The standard InChI is InChI=1S/C18H29NO2/c1-12(2)8-15-10-14(17(20)21-18(5,6)7)11-16(19-15)9-13(3)4/h10-13H,8-9H2,1-7H3. The van der Waals surface area contributed by atoms with Gasteiger partial charge in [-0.1, -0.05) is 27.7 Å². The number of rotatable bonds is 5. The topological polar surface area (TPSA) is 39.2 Å². The summed E-state index contributed by atoms with van der Waals surface area (Å²) in [4.78, 5) is 17.0. The molecule has 0 unspecified atom stereocenters. The van der Waals surface area contributed by atoms with Gasteiger partial charge < -0.3 is 4.74 Å². The third-order valence-electron chi connectivity index (χ3n) is 2.80. The van der Waals surface area contributed by atoms with E-state index in [9.17, 15) is 4.79 Å². The van der Waals surface area contributed by atoms with Gasteiger partial charge in [-0.2, -0.15) is 0 Å². The van der Waals surface area contributed by atoms with Crippen LogP contribution in [-0.2, 0) is 17.6 Å². The molecule has 0 aliphatic carbocycles. The molecule has 0 bridgehead atoms. The van der Waals surface area contributed by atoms with E-state index in [1.807, 2.05) is 32.9 Å². The minimum absolute atomic E-state index is 0.264. The van der Waals surface area contributed by atoms with Crippen LogP contribution in [0.1, 0.15) is 70.2 Å². The predicted octanol–water partition coefficient (Wildman–Crippen LogP) is 4.43. The highest BCUT2D eigenvalue weighted by Crippen LogP contribution is 2.17. The Balaban J connectivity index is 3.08. The van der Waals surface area contributed by atoms with Crippen molar-refractivity contribution in [3.05, 3.63) is 29.1 Å². The number of ether oxygens (including phenoxy) is 1. The van der Waals surface area contributed by atoms with E-state index in [0.717, 1.165) is 24.2 Å². The predicted molar refractivity (Wildman–Crippen MR) is 86.5 cm³/mol. The molecular weight excluding hydrogens is 262 g/mol. The van der Waals surface area contributed by atoms with Crippen molar-refractivity contribution in [3.8, 4) is 0 Å². The largest absolute Gasteiger partial charge is 0.456 e. The van der Waals surface area contributed by atoms with Gasteiger partial charge in [-0.25, -0.2) is 4.79 Å². The van der Waals surface area contributed by atoms with E-state index in [-0.39, 0.29) is 5.97 Å². The Morgan fingerprint density at radius 2 is 1.48 bits per heavy atom. The lowest BCUT2D eigenvalue weighted by Crippen LogP contribution is -2.24. The zero-order valence-corrected chi connectivity index (χ0v) is 14.5. The van der Waals surface area contributed by atoms with Crippen molar-refractivity contribution in [1.82, 2.24) is 4.98 Å². The molecule has 0 N–H and O–H groups in total. The molecule has 1 aromatic rings. The van der Waals surface area contributed by atoms with Crippen LogP contribution >= 0.6 is 0 Å². The Bertz CT molecular complexity index is 456. The fourth-order valence-corrected chi connectivity index (χ4v) is 2.15. The number of nitrogens with zero attached hydrogens (tertiary/aromatic N) is 1. The van der Waals surface area contributed by atoms with Gasteiger partial charge >= 0.3 is 5.97 Å². The Hall–Kier alpha value is -1.38. The minimum atomic E-state index is -0.475. The highest BCUT2D eigenvalue weighted by molar-refractivity contribution is 5.89. The van der Waals surface area contributed by atoms with E-state index in [0.29, 0.717) is 17.4 Å². The van der Waals surface area contributed by atoms with Crippen LogP contribution in [0.4, 0.5) is 0 Å². The van der Waals surface area contributed by atoms with Crippen LogP contribution in [0.2, 0.25) is 0 Å². The molecule has 0 saturated heterocycles. The highest BCUT2D eigenvalue weighted by atomic mass is 16.6. The number of hydrogen-bond donors (Lipinski definition) is 0. The second-order valence-electron chi connectivity index (χ2n) is 7.54. The maximum atomic E-state index is 12.3. The SMILES string of the molecule is CC(C)Cc1cc(C(=O)OC(C)(C)C)cc(CC(C)C)n1. The van der Waals surface area contributed by atoms with Gasteiger partial charge in [-0.15, -0.1) is 0 Å². The van der Waals surface area contributed by atoms with Gasteiger partial charge in [0.25, 0.3) is 0 Å². The second kappa shape index (κ2) is 7.06. The van der Waals surface area contributed by atoms with Crippen molar-refractivity contribution in [2.45, 2.75) is 66.9 Å². The Labute approximate surface area is 129 Å². The van der Waals surface area contributed by atoms with Crippen molar-refractivity contribution < 1.29 is 9.53 Å². The first kappa shape index (κ1) is 17.7. The lowest BCUT2D eigenvalue weighted by Gasteiger charge is -2.20. The van der Waals surface area contributed by atoms with Gasteiger partial charge in [-0.3, -0.25) is 4.98 Å². The molecule has 0 aromatic carbocycles. The number of pyridine rings is 1. The second-order valence-corrected chi connectivity index (χ2v) is 7.54. The maximum absolute atomic E-state index is 12.3. The number of hydrogen-bond acceptors (Lipinski definition) is 3. The quantitative estimate of drug-likeness (QED) is 0.753. The lowest BCUT2D eigenvalue weighted by molar-refractivity contribution is 0.00690. The molecule has 3 heteroatoms. The van der Waals surface area contributed by atoms with E-state index in [1.54, 1.807) is 0 Å². The molecule has 1 heterocycles. The highest BCUT2D eigenvalue weighted by Gasteiger charge is 2.19. The molecule has 0 saturated carbocycles. The third-order valence-corrected chi connectivity index (χ3v) is 2.80. The molecule has 0 spiro atoms. The average molecular weight is 291 g/mol. The van der Waals surface area contributed by atoms with Gasteiger partial charge in [0.05, 0.1) is 5.56 Å². The van der Waals surface area contributed by atoms with E-state index < -0.39 is 5.60 Å². The van der Waals surface area contributed by atoms with E-state index in [4.69, 9.17) is 4.74 Å². The number of aromatic nitrogens is 1. The van der Waals surface area contributed by atoms with E-state index in [2.05, 4.69) is 32.7 Å². The molecule has 0 aliphatic heterocycles. The fraction of sp³-hybridized carbons (Fsp3) is 0.667. The molecule has 21 heavy (non-hydrogen) atoms. The van der Waals surface area contributed by atoms with Crippen molar-refractivity contribution in [3.63, 3.8) is 0 Å². The zero-order valence-electron chi connectivity index (χ0n) is 14.5. The molecule has 0 radical (unpaired) electrons. The number of esters is 1. The van der Waals surface area contributed by atoms with Crippen molar-refractivity contribution in [2.75, 3.05) is 0 Å². The molecule has 0 fully saturated rings. The van der Waals surface area contributed by atoms with Crippen LogP contribution in [0.25, 0.3) is 0 Å². The van der Waals surface area contributed by atoms with Crippen molar-refractivity contribution in [2.24, 2.45) is 11.8 Å². The van der Waals surface area contributed by atoms with Crippen LogP contribution in [-0.4, -0.2) is 16.6 Å². The summed E-state index contributed by atoms with van der Waals surface area (Å²) in [6.45, 7) is 14.3. The normalized spacial score (nSPS) is 12.0. The molecule has 0 amide bonds. The summed E-state index contributed by atoms with van der Waals surface area (Å²) >= 11 is 0. The third kappa shape index (κ3) is 6.74. The molecule has 1 aromatic heterocycles. The lowest BCUT2D eigenvalue weighted by atomic mass is 10.0. The smallest absolute Gasteiger partial charge is 0.338 e. The molecule has 0 atom stereocenters. The zero-order chi connectivity index (χ0) is 16.2. The Morgan fingerprint density at radius 1 is 1.05 bits per heavy atom. The molecule has 3 nitrogen and oxygen atoms in total. The summed E-state index contributed by atoms with van der Waals surface area (Å²) in [6, 6.07) is 3.75. The van der Waals surface area contributed by atoms with Gasteiger partial charge in [0.1, 0.15) is 5.60 Å². The number of carbonyl (C=O) groups is 1. The van der Waals surface area contributed by atoms with Gasteiger partial charge in [0, 0.05) is 11.4 Å². The summed E-state index contributed by atoms with van der Waals surface area (Å²) in [7, 11) is 0. The number of carbonyl (C=O) groups excluding carboxylic acids is 1. The van der Waals surface area contributed by atoms with Gasteiger partial charge in [-0.05, 0) is 57.6 Å². The molecule has 0 aliphatic rings. The average Bonchev–Trinajstić information content (AvgIpc) is 2.23. The van der Waals surface area contributed by atoms with E-state index >= 15 is 0 Å². The summed E-state index contributed by atoms with van der Waals surface area (Å²) in [5.74, 6) is 0.761. The summed E-state index contributed by atoms with van der Waals surface area (Å²) < 4.78 is 5.48. The maximum Gasteiger partial charge on any atom is 0.338 e. The minimum Gasteiger partial charge on any atom is -0.456 e. The monoisotopic (exact) mass is 291 g/mol. The summed E-state index contributed by atoms with van der Waals surface area (Å²) in [6.07, 6.45) is 1.75. The molecular formula is C18H29NO2. The van der Waals surface area contributed by atoms with Gasteiger partial charge in [0.2, 0.25) is 0 Å². The molecule has 118 valence electrons. The van der Waals surface area contributed by atoms with Crippen LogP contribution in [0.5, 0.6) is 0 Å². The van der Waals surface area contributed by atoms with Crippen LogP contribution in [0, 0.1) is 11.8 Å². The van der Waals surface area contributed by atoms with E-state index in [1.165, 1.54) is 0 Å². The summed E-state index contributed by atoms with van der Waals surface area (Å²) in [5, 5.41) is 0. The first-order valence-electron chi connectivity index (χ1n) is 7.80. The van der Waals surface area contributed by atoms with Crippen molar-refractivity contribution >= 4 is 5.97 Å². The van der Waals surface area contributed by atoms with Crippen LogP contribution < -0.4 is 0 Å². The Kier molecular flexibility index (Phi) is 5.94. The first-order valence-corrected chi connectivity index (χ1v) is 7.80. The first-order chi connectivity index (χ1) is 9.56. The van der Waals surface area contributed by atoms with Crippen LogP contribution in [0.15, 0.2) is 12.1 Å². The van der Waals surface area contributed by atoms with Gasteiger partial charge in [0.15, 0.2) is 0 Å². The Morgan fingerprint density at radius 3 is 1.81 bits per heavy atom. The molecule has 1 rings (SSSR count).